The zero-order valence-electron chi connectivity index (χ0n) is 13.3. The number of benzene rings is 1. The van der Waals surface area contributed by atoms with Crippen molar-refractivity contribution in [1.29, 1.82) is 0 Å². The van der Waals surface area contributed by atoms with Crippen molar-refractivity contribution in [2.24, 2.45) is 5.92 Å². The predicted molar refractivity (Wildman–Crippen MR) is 91.6 cm³/mol. The predicted octanol–water partition coefficient (Wildman–Crippen LogP) is 2.76. The molecule has 1 amide bonds. The molecule has 132 valence electrons. The molecule has 1 N–H and O–H groups in total. The van der Waals surface area contributed by atoms with Gasteiger partial charge in [-0.15, -0.1) is 0 Å². The molecule has 7 heteroatoms. The molecule has 0 unspecified atom stereocenters. The Morgan fingerprint density at radius 3 is 2.75 bits per heavy atom. The smallest absolute Gasteiger partial charge is 0.260 e. The second-order valence-electron chi connectivity index (χ2n) is 6.29. The average molecular weight is 374 g/mol. The van der Waals surface area contributed by atoms with Crippen LogP contribution in [0.2, 0.25) is 10.0 Å². The van der Waals surface area contributed by atoms with Gasteiger partial charge < -0.3 is 19.5 Å². The van der Waals surface area contributed by atoms with Crippen LogP contribution in [-0.2, 0) is 9.53 Å². The van der Waals surface area contributed by atoms with Gasteiger partial charge in [-0.25, -0.2) is 0 Å². The molecule has 2 saturated heterocycles. The standard InChI is InChI=1S/C17H21Cl2NO4/c18-11-6-12(19)8-13(7-11)24-10-17(22)20-4-1-2-15(20)14-9-23-5-3-16(14)21/h6-8,14-16,21H,1-5,9-10H2/t14-,15-,16-/m1/s1. The molecular formula is C17H21Cl2NO4. The first-order chi connectivity index (χ1) is 11.5. The summed E-state index contributed by atoms with van der Waals surface area (Å²) in [4.78, 5) is 14.4. The molecule has 3 rings (SSSR count). The van der Waals surface area contributed by atoms with E-state index in [0.29, 0.717) is 42.0 Å². The fourth-order valence-electron chi connectivity index (χ4n) is 3.50. The maximum absolute atomic E-state index is 12.6. The lowest BCUT2D eigenvalue weighted by molar-refractivity contribution is -0.138. The summed E-state index contributed by atoms with van der Waals surface area (Å²) in [5.41, 5.74) is 0. The number of rotatable bonds is 4. The number of halogens is 2. The molecule has 24 heavy (non-hydrogen) atoms. The first kappa shape index (κ1) is 17.8. The average Bonchev–Trinajstić information content (AvgIpc) is 3.01. The van der Waals surface area contributed by atoms with E-state index in [1.54, 1.807) is 18.2 Å². The highest BCUT2D eigenvalue weighted by Crippen LogP contribution is 2.30. The third-order valence-electron chi connectivity index (χ3n) is 4.67. The summed E-state index contributed by atoms with van der Waals surface area (Å²) in [7, 11) is 0. The molecule has 1 aromatic rings. The molecule has 3 atom stereocenters. The second-order valence-corrected chi connectivity index (χ2v) is 7.16. The maximum Gasteiger partial charge on any atom is 0.260 e. The molecule has 2 heterocycles. The van der Waals surface area contributed by atoms with Crippen molar-refractivity contribution in [2.45, 2.75) is 31.4 Å². The molecule has 1 aromatic carbocycles. The van der Waals surface area contributed by atoms with Gasteiger partial charge >= 0.3 is 0 Å². The van der Waals surface area contributed by atoms with Crippen LogP contribution < -0.4 is 4.74 Å². The topological polar surface area (TPSA) is 59.0 Å². The van der Waals surface area contributed by atoms with Crippen molar-refractivity contribution in [3.8, 4) is 5.75 Å². The van der Waals surface area contributed by atoms with Crippen molar-refractivity contribution in [1.82, 2.24) is 4.90 Å². The Morgan fingerprint density at radius 2 is 2.04 bits per heavy atom. The number of ether oxygens (including phenoxy) is 2. The number of nitrogens with zero attached hydrogens (tertiary/aromatic N) is 1. The number of aliphatic hydroxyl groups is 1. The zero-order valence-corrected chi connectivity index (χ0v) is 14.8. The van der Waals surface area contributed by atoms with Gasteiger partial charge in [-0.2, -0.15) is 0 Å². The lowest BCUT2D eigenvalue weighted by atomic mass is 9.89. The highest BCUT2D eigenvalue weighted by atomic mass is 35.5. The summed E-state index contributed by atoms with van der Waals surface area (Å²) in [6.45, 7) is 1.70. The maximum atomic E-state index is 12.6. The third-order valence-corrected chi connectivity index (χ3v) is 5.11. The van der Waals surface area contributed by atoms with Crippen molar-refractivity contribution in [3.63, 3.8) is 0 Å². The molecule has 0 aliphatic carbocycles. The van der Waals surface area contributed by atoms with Crippen LogP contribution in [-0.4, -0.2) is 54.4 Å². The summed E-state index contributed by atoms with van der Waals surface area (Å²) in [5.74, 6) is 0.356. The Bertz CT molecular complexity index is 578. The monoisotopic (exact) mass is 373 g/mol. The van der Waals surface area contributed by atoms with Crippen LogP contribution in [0.5, 0.6) is 5.75 Å². The van der Waals surface area contributed by atoms with Gasteiger partial charge in [-0.05, 0) is 37.5 Å². The minimum atomic E-state index is -0.412. The van der Waals surface area contributed by atoms with Crippen LogP contribution in [0.4, 0.5) is 0 Å². The fourth-order valence-corrected chi connectivity index (χ4v) is 4.01. The summed E-state index contributed by atoms with van der Waals surface area (Å²) in [6, 6.07) is 4.87. The Balaban J connectivity index is 1.61. The van der Waals surface area contributed by atoms with Crippen molar-refractivity contribution < 1.29 is 19.4 Å². The van der Waals surface area contributed by atoms with E-state index in [0.717, 1.165) is 12.8 Å². The molecule has 5 nitrogen and oxygen atoms in total. The van der Waals surface area contributed by atoms with Crippen molar-refractivity contribution >= 4 is 29.1 Å². The lowest BCUT2D eigenvalue weighted by Crippen LogP contribution is -2.49. The number of hydrogen-bond donors (Lipinski definition) is 1. The van der Waals surface area contributed by atoms with E-state index < -0.39 is 6.10 Å². The normalized spacial score (nSPS) is 27.3. The Morgan fingerprint density at radius 1 is 1.29 bits per heavy atom. The van der Waals surface area contributed by atoms with Gasteiger partial charge in [-0.1, -0.05) is 23.2 Å². The Hall–Kier alpha value is -1.01. The molecule has 2 fully saturated rings. The highest BCUT2D eigenvalue weighted by molar-refractivity contribution is 6.34. The van der Waals surface area contributed by atoms with E-state index in [1.165, 1.54) is 0 Å². The van der Waals surface area contributed by atoms with E-state index in [9.17, 15) is 9.90 Å². The van der Waals surface area contributed by atoms with Gasteiger partial charge in [0.15, 0.2) is 6.61 Å². The Kier molecular flexibility index (Phi) is 5.87. The SMILES string of the molecule is O=C(COc1cc(Cl)cc(Cl)c1)N1CCC[C@@H]1[C@H]1COCC[C@H]1O. The molecule has 0 radical (unpaired) electrons. The van der Waals surface area contributed by atoms with E-state index in [1.807, 2.05) is 4.90 Å². The van der Waals surface area contributed by atoms with E-state index >= 15 is 0 Å². The Labute approximate surface area is 151 Å². The van der Waals surface area contributed by atoms with Gasteiger partial charge in [0, 0.05) is 35.2 Å². The van der Waals surface area contributed by atoms with Crippen LogP contribution >= 0.6 is 23.2 Å². The van der Waals surface area contributed by atoms with E-state index in [2.05, 4.69) is 0 Å². The first-order valence-electron chi connectivity index (χ1n) is 8.19. The van der Waals surface area contributed by atoms with Crippen LogP contribution in [0.3, 0.4) is 0 Å². The van der Waals surface area contributed by atoms with E-state index in [4.69, 9.17) is 32.7 Å². The summed E-state index contributed by atoms with van der Waals surface area (Å²) >= 11 is 11.9. The van der Waals surface area contributed by atoms with Crippen molar-refractivity contribution in [3.05, 3.63) is 28.2 Å². The highest BCUT2D eigenvalue weighted by Gasteiger charge is 2.39. The largest absolute Gasteiger partial charge is 0.484 e. The van der Waals surface area contributed by atoms with Crippen molar-refractivity contribution in [2.75, 3.05) is 26.4 Å². The molecule has 0 spiro atoms. The number of carbonyl (C=O) groups excluding carboxylic acids is 1. The van der Waals surface area contributed by atoms with Gasteiger partial charge in [0.1, 0.15) is 5.75 Å². The van der Waals surface area contributed by atoms with Crippen LogP contribution in [0.25, 0.3) is 0 Å². The zero-order chi connectivity index (χ0) is 17.1. The summed E-state index contributed by atoms with van der Waals surface area (Å²) < 4.78 is 11.0. The summed E-state index contributed by atoms with van der Waals surface area (Å²) in [6.07, 6.45) is 2.04. The van der Waals surface area contributed by atoms with Crippen LogP contribution in [0.15, 0.2) is 18.2 Å². The minimum absolute atomic E-state index is 0.0133. The molecule has 0 saturated carbocycles. The summed E-state index contributed by atoms with van der Waals surface area (Å²) in [5, 5.41) is 11.1. The number of aliphatic hydroxyl groups excluding tert-OH is 1. The number of hydrogen-bond acceptors (Lipinski definition) is 4. The minimum Gasteiger partial charge on any atom is -0.484 e. The lowest BCUT2D eigenvalue weighted by Gasteiger charge is -2.36. The van der Waals surface area contributed by atoms with Gasteiger partial charge in [0.2, 0.25) is 0 Å². The van der Waals surface area contributed by atoms with E-state index in [-0.39, 0.29) is 24.5 Å². The van der Waals surface area contributed by atoms with Gasteiger partial charge in [0.05, 0.1) is 12.7 Å². The van der Waals surface area contributed by atoms with Crippen LogP contribution in [0, 0.1) is 5.92 Å². The number of likely N-dealkylation sites (tertiary alicyclic amines) is 1. The molecular weight excluding hydrogens is 353 g/mol. The third kappa shape index (κ3) is 4.14. The second kappa shape index (κ2) is 7.91. The van der Waals surface area contributed by atoms with Gasteiger partial charge in [-0.3, -0.25) is 4.79 Å². The molecule has 0 aromatic heterocycles. The molecule has 2 aliphatic rings. The quantitative estimate of drug-likeness (QED) is 0.881. The molecule has 0 bridgehead atoms. The number of amides is 1. The molecule has 2 aliphatic heterocycles. The van der Waals surface area contributed by atoms with Crippen LogP contribution in [0.1, 0.15) is 19.3 Å². The fraction of sp³-hybridized carbons (Fsp3) is 0.588. The van der Waals surface area contributed by atoms with Gasteiger partial charge in [0.25, 0.3) is 5.91 Å². The first-order valence-corrected chi connectivity index (χ1v) is 8.94. The number of carbonyl (C=O) groups is 1.